The predicted molar refractivity (Wildman–Crippen MR) is 80.8 cm³/mol. The number of aryl methyl sites for hydroxylation is 1. The third-order valence-corrected chi connectivity index (χ3v) is 4.55. The molecule has 3 rings (SSSR count). The van der Waals surface area contributed by atoms with Crippen molar-refractivity contribution in [3.05, 3.63) is 69.0 Å². The van der Waals surface area contributed by atoms with E-state index in [-0.39, 0.29) is 5.82 Å². The van der Waals surface area contributed by atoms with Crippen molar-refractivity contribution < 1.29 is 4.39 Å². The fourth-order valence-electron chi connectivity index (χ4n) is 2.94. The van der Waals surface area contributed by atoms with Crippen molar-refractivity contribution in [2.75, 3.05) is 0 Å². The summed E-state index contributed by atoms with van der Waals surface area (Å²) in [5.41, 5.74) is 9.04. The SMILES string of the molecule is NC1(Cc2ccc(Cl)cc2Cl)CCc2cc(F)ccc21. The van der Waals surface area contributed by atoms with Gasteiger partial charge in [0.25, 0.3) is 0 Å². The zero-order chi connectivity index (χ0) is 14.3. The zero-order valence-electron chi connectivity index (χ0n) is 10.8. The summed E-state index contributed by atoms with van der Waals surface area (Å²) in [6.45, 7) is 0. The van der Waals surface area contributed by atoms with E-state index in [0.29, 0.717) is 16.5 Å². The molecule has 0 saturated heterocycles. The maximum absolute atomic E-state index is 13.3. The number of rotatable bonds is 2. The van der Waals surface area contributed by atoms with Crippen LogP contribution in [0.3, 0.4) is 0 Å². The lowest BCUT2D eigenvalue weighted by Gasteiger charge is -2.26. The fraction of sp³-hybridized carbons (Fsp3) is 0.250. The van der Waals surface area contributed by atoms with Crippen LogP contribution in [-0.2, 0) is 18.4 Å². The van der Waals surface area contributed by atoms with Crippen LogP contribution >= 0.6 is 23.2 Å². The second kappa shape index (κ2) is 5.03. The topological polar surface area (TPSA) is 26.0 Å². The van der Waals surface area contributed by atoms with Gasteiger partial charge in [-0.3, -0.25) is 0 Å². The Hall–Kier alpha value is -1.09. The average Bonchev–Trinajstić information content (AvgIpc) is 2.70. The molecule has 1 atom stereocenters. The lowest BCUT2D eigenvalue weighted by molar-refractivity contribution is 0.439. The van der Waals surface area contributed by atoms with Gasteiger partial charge in [0.2, 0.25) is 0 Å². The van der Waals surface area contributed by atoms with Gasteiger partial charge in [-0.05, 0) is 60.2 Å². The molecule has 0 aliphatic heterocycles. The summed E-state index contributed by atoms with van der Waals surface area (Å²) in [5.74, 6) is -0.211. The van der Waals surface area contributed by atoms with Crippen molar-refractivity contribution in [3.63, 3.8) is 0 Å². The van der Waals surface area contributed by atoms with Crippen molar-refractivity contribution >= 4 is 23.2 Å². The summed E-state index contributed by atoms with van der Waals surface area (Å²) in [7, 11) is 0. The molecule has 1 unspecified atom stereocenters. The van der Waals surface area contributed by atoms with E-state index < -0.39 is 5.54 Å². The Morgan fingerprint density at radius 2 is 1.95 bits per heavy atom. The minimum atomic E-state index is -0.486. The van der Waals surface area contributed by atoms with Gasteiger partial charge in [-0.25, -0.2) is 4.39 Å². The Bertz CT molecular complexity index is 672. The molecule has 1 aliphatic carbocycles. The van der Waals surface area contributed by atoms with Gasteiger partial charge in [0.1, 0.15) is 5.82 Å². The Kier molecular flexibility index (Phi) is 3.49. The number of halogens is 3. The summed E-state index contributed by atoms with van der Waals surface area (Å²) in [4.78, 5) is 0. The van der Waals surface area contributed by atoms with Crippen molar-refractivity contribution in [1.82, 2.24) is 0 Å². The molecule has 0 spiro atoms. The van der Waals surface area contributed by atoms with Gasteiger partial charge in [0.05, 0.1) is 0 Å². The zero-order valence-corrected chi connectivity index (χ0v) is 12.3. The lowest BCUT2D eigenvalue weighted by Crippen LogP contribution is -2.36. The summed E-state index contributed by atoms with van der Waals surface area (Å²) in [5, 5.41) is 1.23. The van der Waals surface area contributed by atoms with Crippen LogP contribution in [0.5, 0.6) is 0 Å². The highest BCUT2D eigenvalue weighted by atomic mass is 35.5. The van der Waals surface area contributed by atoms with Crippen molar-refractivity contribution in [2.24, 2.45) is 5.73 Å². The van der Waals surface area contributed by atoms with Crippen LogP contribution in [0.1, 0.15) is 23.1 Å². The van der Waals surface area contributed by atoms with Crippen LogP contribution in [0.25, 0.3) is 0 Å². The molecule has 2 aromatic carbocycles. The molecule has 1 aliphatic rings. The maximum atomic E-state index is 13.3. The molecule has 20 heavy (non-hydrogen) atoms. The molecule has 0 saturated carbocycles. The molecule has 0 fully saturated rings. The minimum absolute atomic E-state index is 0.211. The molecule has 0 amide bonds. The summed E-state index contributed by atoms with van der Waals surface area (Å²) in [6.07, 6.45) is 2.22. The smallest absolute Gasteiger partial charge is 0.123 e. The van der Waals surface area contributed by atoms with Gasteiger partial charge in [0.15, 0.2) is 0 Å². The second-order valence-corrected chi connectivity index (χ2v) is 6.21. The molecular weight excluding hydrogens is 296 g/mol. The Morgan fingerprint density at radius 1 is 1.15 bits per heavy atom. The number of hydrogen-bond donors (Lipinski definition) is 1. The summed E-state index contributed by atoms with van der Waals surface area (Å²) in [6, 6.07) is 10.3. The van der Waals surface area contributed by atoms with Crippen LogP contribution in [0.2, 0.25) is 10.0 Å². The molecule has 0 bridgehead atoms. The van der Waals surface area contributed by atoms with E-state index in [9.17, 15) is 4.39 Å². The van der Waals surface area contributed by atoms with Gasteiger partial charge >= 0.3 is 0 Å². The average molecular weight is 310 g/mol. The van der Waals surface area contributed by atoms with E-state index >= 15 is 0 Å². The van der Waals surface area contributed by atoms with Crippen molar-refractivity contribution in [3.8, 4) is 0 Å². The molecule has 4 heteroatoms. The van der Waals surface area contributed by atoms with E-state index in [0.717, 1.165) is 29.5 Å². The van der Waals surface area contributed by atoms with E-state index in [1.54, 1.807) is 18.2 Å². The standard InChI is InChI=1S/C16H14Cl2FN/c17-12-2-1-11(15(18)8-12)9-16(20)6-5-10-7-13(19)3-4-14(10)16/h1-4,7-8H,5-6,9,20H2. The van der Waals surface area contributed by atoms with E-state index in [1.807, 2.05) is 12.1 Å². The molecule has 104 valence electrons. The van der Waals surface area contributed by atoms with E-state index in [1.165, 1.54) is 6.07 Å². The van der Waals surface area contributed by atoms with Crippen LogP contribution in [0.4, 0.5) is 4.39 Å². The van der Waals surface area contributed by atoms with E-state index in [4.69, 9.17) is 28.9 Å². The lowest BCUT2D eigenvalue weighted by atomic mass is 9.86. The van der Waals surface area contributed by atoms with Crippen molar-refractivity contribution in [2.45, 2.75) is 24.8 Å². The Labute approximate surface area is 127 Å². The monoisotopic (exact) mass is 309 g/mol. The van der Waals surface area contributed by atoms with Crippen LogP contribution in [0.15, 0.2) is 36.4 Å². The maximum Gasteiger partial charge on any atom is 0.123 e. The first-order valence-electron chi connectivity index (χ1n) is 6.50. The van der Waals surface area contributed by atoms with Crippen molar-refractivity contribution in [1.29, 1.82) is 0 Å². The Balaban J connectivity index is 1.96. The molecular formula is C16H14Cl2FN. The number of nitrogens with two attached hydrogens (primary N) is 1. The molecule has 0 heterocycles. The number of hydrogen-bond acceptors (Lipinski definition) is 1. The molecule has 1 nitrogen and oxygen atoms in total. The molecule has 0 aromatic heterocycles. The summed E-state index contributed by atoms with van der Waals surface area (Å²) < 4.78 is 13.3. The highest BCUT2D eigenvalue weighted by molar-refractivity contribution is 6.35. The molecule has 0 radical (unpaired) electrons. The highest BCUT2D eigenvalue weighted by Crippen LogP contribution is 2.39. The number of benzene rings is 2. The molecule has 2 N–H and O–H groups in total. The summed E-state index contributed by atoms with van der Waals surface area (Å²) >= 11 is 12.1. The minimum Gasteiger partial charge on any atom is -0.321 e. The first-order valence-corrected chi connectivity index (χ1v) is 7.25. The third kappa shape index (κ3) is 2.44. The quantitative estimate of drug-likeness (QED) is 0.870. The van der Waals surface area contributed by atoms with Crippen LogP contribution in [0, 0.1) is 5.82 Å². The van der Waals surface area contributed by atoms with Crippen LogP contribution < -0.4 is 5.73 Å². The first kappa shape index (κ1) is 13.9. The Morgan fingerprint density at radius 3 is 2.70 bits per heavy atom. The largest absolute Gasteiger partial charge is 0.321 e. The first-order chi connectivity index (χ1) is 9.48. The van der Waals surface area contributed by atoms with Gasteiger partial charge in [-0.1, -0.05) is 35.3 Å². The number of fused-ring (bicyclic) bond motifs is 1. The molecule has 2 aromatic rings. The highest BCUT2D eigenvalue weighted by Gasteiger charge is 2.35. The van der Waals surface area contributed by atoms with Gasteiger partial charge in [0, 0.05) is 15.6 Å². The predicted octanol–water partition coefficient (Wildman–Crippen LogP) is 4.48. The fourth-order valence-corrected chi connectivity index (χ4v) is 3.41. The van der Waals surface area contributed by atoms with E-state index in [2.05, 4.69) is 0 Å². The van der Waals surface area contributed by atoms with Gasteiger partial charge in [-0.15, -0.1) is 0 Å². The van der Waals surface area contributed by atoms with Gasteiger partial charge in [-0.2, -0.15) is 0 Å². The van der Waals surface area contributed by atoms with Crippen LogP contribution in [-0.4, -0.2) is 0 Å². The second-order valence-electron chi connectivity index (χ2n) is 5.37. The van der Waals surface area contributed by atoms with Gasteiger partial charge < -0.3 is 5.73 Å². The third-order valence-electron chi connectivity index (χ3n) is 3.97. The normalized spacial score (nSPS) is 21.0.